The molecule has 4 rings (SSSR count). The van der Waals surface area contributed by atoms with Gasteiger partial charge in [-0.25, -0.2) is 4.79 Å². The topological polar surface area (TPSA) is 118 Å². The summed E-state index contributed by atoms with van der Waals surface area (Å²) in [5.41, 5.74) is -0.323. The molecule has 4 saturated heterocycles. The molecule has 43 heavy (non-hydrogen) atoms. The van der Waals surface area contributed by atoms with Crippen molar-refractivity contribution < 1.29 is 38.7 Å². The lowest BCUT2D eigenvalue weighted by atomic mass is 9.81. The predicted molar refractivity (Wildman–Crippen MR) is 163 cm³/mol. The van der Waals surface area contributed by atoms with Gasteiger partial charge in [0.1, 0.15) is 23.9 Å². The number of epoxide rings is 1. The van der Waals surface area contributed by atoms with Gasteiger partial charge in [0.2, 0.25) is 0 Å². The van der Waals surface area contributed by atoms with Crippen LogP contribution in [0.25, 0.3) is 0 Å². The van der Waals surface area contributed by atoms with Crippen LogP contribution in [0.5, 0.6) is 0 Å². The van der Waals surface area contributed by atoms with E-state index in [1.807, 2.05) is 32.9 Å². The van der Waals surface area contributed by atoms with Crippen molar-refractivity contribution >= 4 is 11.9 Å². The maximum atomic E-state index is 12.8. The Morgan fingerprint density at radius 1 is 1.21 bits per heavy atom. The number of hydrogen-bond acceptors (Lipinski definition) is 8. The van der Waals surface area contributed by atoms with Gasteiger partial charge in [0.15, 0.2) is 5.78 Å². The molecule has 0 aromatic rings. The van der Waals surface area contributed by atoms with Gasteiger partial charge >= 0.3 is 6.09 Å². The first-order chi connectivity index (χ1) is 20.3. The largest absolute Gasteiger partial charge is 0.442 e. The summed E-state index contributed by atoms with van der Waals surface area (Å²) < 4.78 is 23.5. The molecule has 1 amide bonds. The van der Waals surface area contributed by atoms with E-state index in [9.17, 15) is 19.8 Å². The van der Waals surface area contributed by atoms with Crippen LogP contribution in [-0.2, 0) is 23.7 Å². The highest BCUT2D eigenvalue weighted by atomic mass is 16.6. The van der Waals surface area contributed by atoms with Crippen LogP contribution in [-0.4, -0.2) is 95.0 Å². The third-order valence-corrected chi connectivity index (χ3v) is 9.60. The quantitative estimate of drug-likeness (QED) is 0.209. The van der Waals surface area contributed by atoms with E-state index in [4.69, 9.17) is 18.9 Å². The minimum Gasteiger partial charge on any atom is -0.442 e. The number of rotatable bonds is 10. The van der Waals surface area contributed by atoms with E-state index in [0.717, 1.165) is 44.3 Å². The molecule has 4 fully saturated rings. The number of ketones is 1. The third-order valence-electron chi connectivity index (χ3n) is 9.60. The second-order valence-electron chi connectivity index (χ2n) is 13.9. The summed E-state index contributed by atoms with van der Waals surface area (Å²) in [6.07, 6.45) is 11.7. The second kappa shape index (κ2) is 14.4. The van der Waals surface area contributed by atoms with E-state index in [1.165, 1.54) is 0 Å². The fourth-order valence-corrected chi connectivity index (χ4v) is 6.77. The maximum Gasteiger partial charge on any atom is 0.410 e. The fraction of sp³-hybridized carbons (Fsp3) is 0.765. The summed E-state index contributed by atoms with van der Waals surface area (Å²) in [5.74, 6) is 0.922. The van der Waals surface area contributed by atoms with Crippen molar-refractivity contribution in [3.63, 3.8) is 0 Å². The lowest BCUT2D eigenvalue weighted by Crippen LogP contribution is -2.56. The van der Waals surface area contributed by atoms with Gasteiger partial charge in [0.05, 0.1) is 31.0 Å². The van der Waals surface area contributed by atoms with Crippen molar-refractivity contribution in [3.8, 4) is 0 Å². The van der Waals surface area contributed by atoms with Crippen LogP contribution in [0.1, 0.15) is 80.1 Å². The lowest BCUT2D eigenvalue weighted by molar-refractivity contribution is -0.192. The Balaban J connectivity index is 1.21. The molecule has 1 spiro atoms. The SMILES string of the molecule is CC(/C=C/C1O[C@](C)(CO)C[C@@]2(CO2)[C@@H]1O)=C\C[C@@H]1O[C@H](C)[C@H](CC(=O)/C=C\[C@H](C)OC(=O)N2CCCC(C)C2)C[C@@H]1C. The average molecular weight is 604 g/mol. The molecule has 10 atom stereocenters. The molecule has 9 nitrogen and oxygen atoms in total. The number of ether oxygens (including phenoxy) is 4. The number of amides is 1. The molecule has 0 saturated carbocycles. The summed E-state index contributed by atoms with van der Waals surface area (Å²) in [5, 5.41) is 20.6. The monoisotopic (exact) mass is 603 g/mol. The zero-order chi connectivity index (χ0) is 31.4. The number of aliphatic hydroxyl groups is 2. The molecule has 4 aliphatic heterocycles. The number of aliphatic hydroxyl groups excluding tert-OH is 2. The molecule has 4 aliphatic rings. The molecule has 0 radical (unpaired) electrons. The fourth-order valence-electron chi connectivity index (χ4n) is 6.77. The van der Waals surface area contributed by atoms with E-state index in [1.54, 1.807) is 24.0 Å². The Morgan fingerprint density at radius 2 is 1.95 bits per heavy atom. The highest BCUT2D eigenvalue weighted by molar-refractivity contribution is 5.89. The summed E-state index contributed by atoms with van der Waals surface area (Å²) in [6, 6.07) is 0. The van der Waals surface area contributed by atoms with Crippen LogP contribution >= 0.6 is 0 Å². The number of nitrogens with zero attached hydrogens (tertiary/aromatic N) is 1. The predicted octanol–water partition coefficient (Wildman–Crippen LogP) is 4.75. The third kappa shape index (κ3) is 9.01. The molecule has 0 aromatic carbocycles. The average Bonchev–Trinajstić information content (AvgIpc) is 3.73. The van der Waals surface area contributed by atoms with Gasteiger partial charge in [0, 0.05) is 25.9 Å². The first kappa shape index (κ1) is 33.8. The molecule has 2 N–H and O–H groups in total. The van der Waals surface area contributed by atoms with Crippen molar-refractivity contribution in [3.05, 3.63) is 36.0 Å². The molecule has 0 aromatic heterocycles. The maximum absolute atomic E-state index is 12.8. The van der Waals surface area contributed by atoms with E-state index >= 15 is 0 Å². The van der Waals surface area contributed by atoms with E-state index in [0.29, 0.717) is 31.3 Å². The standard InChI is InChI=1S/C34H53NO8/c1-22(10-14-30-31(38)34(21-40-34)19-33(6,20-36)43-30)9-13-29-24(3)16-27(26(5)42-29)17-28(37)12-11-25(4)41-32(39)35-15-7-8-23(2)18-35/h9-12,14,23-27,29-31,36,38H,7-8,13,15-21H2,1-6H3/b12-11-,14-10+,22-9+/t23?,24-,25-,26+,27-,29-,30?,31+,33-,34+/m0/s1. The van der Waals surface area contributed by atoms with Gasteiger partial charge < -0.3 is 34.1 Å². The van der Waals surface area contributed by atoms with Crippen molar-refractivity contribution in [2.75, 3.05) is 26.3 Å². The Bertz CT molecular complexity index is 1070. The van der Waals surface area contributed by atoms with E-state index < -0.39 is 29.5 Å². The highest BCUT2D eigenvalue weighted by Crippen LogP contribution is 2.46. The molecule has 9 heteroatoms. The van der Waals surface area contributed by atoms with Crippen LogP contribution < -0.4 is 0 Å². The van der Waals surface area contributed by atoms with Crippen molar-refractivity contribution in [1.29, 1.82) is 0 Å². The first-order valence-corrected chi connectivity index (χ1v) is 16.1. The first-order valence-electron chi connectivity index (χ1n) is 16.1. The Kier molecular flexibility index (Phi) is 11.3. The van der Waals surface area contributed by atoms with Crippen molar-refractivity contribution in [2.45, 2.75) is 122 Å². The zero-order valence-electron chi connectivity index (χ0n) is 26.9. The normalized spacial score (nSPS) is 39.4. The minimum absolute atomic E-state index is 0.0178. The summed E-state index contributed by atoms with van der Waals surface area (Å²) in [7, 11) is 0. The smallest absolute Gasteiger partial charge is 0.410 e. The van der Waals surface area contributed by atoms with Gasteiger partial charge in [-0.15, -0.1) is 0 Å². The van der Waals surface area contributed by atoms with Gasteiger partial charge in [-0.05, 0) is 83.3 Å². The molecule has 0 bridgehead atoms. The molecule has 4 heterocycles. The van der Waals surface area contributed by atoms with Crippen LogP contribution in [0.2, 0.25) is 0 Å². The van der Waals surface area contributed by atoms with Crippen molar-refractivity contribution in [2.24, 2.45) is 17.8 Å². The molecule has 242 valence electrons. The number of hydrogen-bond donors (Lipinski definition) is 2. The summed E-state index contributed by atoms with van der Waals surface area (Å²) in [6.45, 7) is 13.8. The van der Waals surface area contributed by atoms with E-state index in [-0.39, 0.29) is 36.6 Å². The Labute approximate surface area is 257 Å². The zero-order valence-corrected chi connectivity index (χ0v) is 26.9. The van der Waals surface area contributed by atoms with Crippen molar-refractivity contribution in [1.82, 2.24) is 4.90 Å². The molecule has 2 unspecified atom stereocenters. The van der Waals surface area contributed by atoms with Crippen LogP contribution in [0, 0.1) is 17.8 Å². The summed E-state index contributed by atoms with van der Waals surface area (Å²) in [4.78, 5) is 27.0. The summed E-state index contributed by atoms with van der Waals surface area (Å²) >= 11 is 0. The van der Waals surface area contributed by atoms with Gasteiger partial charge in [-0.2, -0.15) is 0 Å². The number of likely N-dealkylation sites (tertiary alicyclic amines) is 1. The van der Waals surface area contributed by atoms with Gasteiger partial charge in [0.25, 0.3) is 0 Å². The number of allylic oxidation sites excluding steroid dienone is 3. The molecular formula is C34H53NO8. The van der Waals surface area contributed by atoms with E-state index in [2.05, 4.69) is 19.9 Å². The van der Waals surface area contributed by atoms with Gasteiger partial charge in [-0.1, -0.05) is 37.6 Å². The number of carbonyl (C=O) groups is 2. The lowest BCUT2D eigenvalue weighted by Gasteiger charge is -2.42. The van der Waals surface area contributed by atoms with Crippen LogP contribution in [0.15, 0.2) is 36.0 Å². The van der Waals surface area contributed by atoms with Crippen LogP contribution in [0.4, 0.5) is 4.79 Å². The highest BCUT2D eigenvalue weighted by Gasteiger charge is 2.61. The number of carbonyl (C=O) groups excluding carboxylic acids is 2. The Hall–Kier alpha value is -2.04. The van der Waals surface area contributed by atoms with Crippen LogP contribution in [0.3, 0.4) is 0 Å². The molecule has 0 aliphatic carbocycles. The second-order valence-corrected chi connectivity index (χ2v) is 13.9. The van der Waals surface area contributed by atoms with Gasteiger partial charge in [-0.3, -0.25) is 4.79 Å². The molecular weight excluding hydrogens is 550 g/mol. The number of piperidine rings is 1. The minimum atomic E-state index is -0.769. The Morgan fingerprint density at radius 3 is 2.63 bits per heavy atom.